The molecule has 0 spiro atoms. The van der Waals surface area contributed by atoms with Gasteiger partial charge in [-0.3, -0.25) is 4.79 Å². The standard InChI is InChI=1S/C22H22N4O/c1-16-7-13-20(14-8-16)26-22(25-19-5-3-2-4-6-19)24-15-17-9-11-18(12-10-17)21(23)27/h2-14H,15H2,1H3,(H2,23,27)(H2,24,25,26). The monoisotopic (exact) mass is 358 g/mol. The maximum Gasteiger partial charge on any atom is 0.248 e. The summed E-state index contributed by atoms with van der Waals surface area (Å²) in [6.45, 7) is 2.52. The predicted molar refractivity (Wildman–Crippen MR) is 111 cm³/mol. The quantitative estimate of drug-likeness (QED) is 0.473. The molecule has 0 saturated heterocycles. The van der Waals surface area contributed by atoms with E-state index < -0.39 is 5.91 Å². The summed E-state index contributed by atoms with van der Waals surface area (Å²) in [5.74, 6) is 0.210. The van der Waals surface area contributed by atoms with Gasteiger partial charge in [-0.25, -0.2) is 4.99 Å². The highest BCUT2D eigenvalue weighted by Gasteiger charge is 2.03. The van der Waals surface area contributed by atoms with Crippen LogP contribution in [0.4, 0.5) is 11.4 Å². The second-order valence-electron chi connectivity index (χ2n) is 6.21. The van der Waals surface area contributed by atoms with Crippen molar-refractivity contribution in [1.82, 2.24) is 0 Å². The number of hydrogen-bond acceptors (Lipinski definition) is 2. The van der Waals surface area contributed by atoms with Gasteiger partial charge in [-0.1, -0.05) is 48.0 Å². The van der Waals surface area contributed by atoms with Crippen molar-refractivity contribution >= 4 is 23.2 Å². The first-order valence-corrected chi connectivity index (χ1v) is 8.69. The molecule has 1 amide bonds. The first-order valence-electron chi connectivity index (χ1n) is 8.69. The fourth-order valence-corrected chi connectivity index (χ4v) is 2.49. The van der Waals surface area contributed by atoms with Crippen LogP contribution in [-0.2, 0) is 6.54 Å². The number of nitrogens with zero attached hydrogens (tertiary/aromatic N) is 1. The molecule has 3 aromatic carbocycles. The van der Waals surface area contributed by atoms with Gasteiger partial charge < -0.3 is 16.4 Å². The number of aliphatic imine (C=N–C) groups is 1. The second kappa shape index (κ2) is 8.67. The largest absolute Gasteiger partial charge is 0.366 e. The van der Waals surface area contributed by atoms with Gasteiger partial charge in [-0.2, -0.15) is 0 Å². The van der Waals surface area contributed by atoms with E-state index in [2.05, 4.69) is 22.5 Å². The Bertz CT molecular complexity index is 917. The van der Waals surface area contributed by atoms with Crippen LogP contribution in [0.5, 0.6) is 0 Å². The van der Waals surface area contributed by atoms with Gasteiger partial charge in [-0.15, -0.1) is 0 Å². The molecule has 0 bridgehead atoms. The van der Waals surface area contributed by atoms with Gasteiger partial charge in [0.25, 0.3) is 0 Å². The number of carbonyl (C=O) groups excluding carboxylic acids is 1. The van der Waals surface area contributed by atoms with E-state index in [4.69, 9.17) is 5.73 Å². The topological polar surface area (TPSA) is 79.5 Å². The summed E-state index contributed by atoms with van der Waals surface area (Å²) >= 11 is 0. The SMILES string of the molecule is Cc1ccc(NC(=NCc2ccc(C(N)=O)cc2)Nc2ccccc2)cc1. The van der Waals surface area contributed by atoms with Crippen LogP contribution in [0.25, 0.3) is 0 Å². The predicted octanol–water partition coefficient (Wildman–Crippen LogP) is 4.17. The van der Waals surface area contributed by atoms with Crippen LogP contribution >= 0.6 is 0 Å². The van der Waals surface area contributed by atoms with Crippen molar-refractivity contribution in [1.29, 1.82) is 0 Å². The lowest BCUT2D eigenvalue weighted by molar-refractivity contribution is 0.100. The first-order chi connectivity index (χ1) is 13.1. The Labute approximate surface area is 159 Å². The normalized spacial score (nSPS) is 11.1. The molecule has 4 N–H and O–H groups in total. The van der Waals surface area contributed by atoms with Crippen molar-refractivity contribution in [3.63, 3.8) is 0 Å². The highest BCUT2D eigenvalue weighted by molar-refractivity contribution is 6.03. The molecule has 0 aromatic heterocycles. The molecule has 0 aliphatic carbocycles. The minimum Gasteiger partial charge on any atom is -0.366 e. The number of aryl methyl sites for hydroxylation is 1. The number of guanidine groups is 1. The molecule has 27 heavy (non-hydrogen) atoms. The lowest BCUT2D eigenvalue weighted by Crippen LogP contribution is -2.22. The van der Waals surface area contributed by atoms with Gasteiger partial charge in [0.2, 0.25) is 11.9 Å². The van der Waals surface area contributed by atoms with Crippen LogP contribution in [0.15, 0.2) is 83.9 Å². The molecule has 3 rings (SSSR count). The Morgan fingerprint density at radius 1 is 0.852 bits per heavy atom. The van der Waals surface area contributed by atoms with Crippen molar-refractivity contribution in [2.24, 2.45) is 10.7 Å². The molecule has 0 radical (unpaired) electrons. The number of amides is 1. The molecule has 136 valence electrons. The minimum atomic E-state index is -0.433. The van der Waals surface area contributed by atoms with Crippen molar-refractivity contribution in [3.8, 4) is 0 Å². The molecular formula is C22H22N4O. The zero-order valence-electron chi connectivity index (χ0n) is 15.1. The Kier molecular flexibility index (Phi) is 5.84. The molecule has 0 aliphatic rings. The summed E-state index contributed by atoms with van der Waals surface area (Å²) in [5.41, 5.74) is 9.85. The van der Waals surface area contributed by atoms with Gasteiger partial charge in [0.1, 0.15) is 0 Å². The summed E-state index contributed by atoms with van der Waals surface area (Å²) in [5, 5.41) is 6.63. The lowest BCUT2D eigenvalue weighted by Gasteiger charge is -2.13. The zero-order chi connectivity index (χ0) is 19.1. The van der Waals surface area contributed by atoms with E-state index in [1.807, 2.05) is 66.7 Å². The molecule has 5 nitrogen and oxygen atoms in total. The van der Waals surface area contributed by atoms with E-state index in [1.165, 1.54) is 5.56 Å². The Morgan fingerprint density at radius 2 is 1.44 bits per heavy atom. The van der Waals surface area contributed by atoms with E-state index in [1.54, 1.807) is 12.1 Å². The fraction of sp³-hybridized carbons (Fsp3) is 0.0909. The highest BCUT2D eigenvalue weighted by Crippen LogP contribution is 2.12. The summed E-state index contributed by atoms with van der Waals surface area (Å²) < 4.78 is 0. The Balaban J connectivity index is 1.78. The molecular weight excluding hydrogens is 336 g/mol. The molecule has 3 aromatic rings. The van der Waals surface area contributed by atoms with E-state index >= 15 is 0 Å². The number of anilines is 2. The smallest absolute Gasteiger partial charge is 0.248 e. The van der Waals surface area contributed by atoms with E-state index in [0.29, 0.717) is 18.1 Å². The van der Waals surface area contributed by atoms with E-state index in [-0.39, 0.29) is 0 Å². The summed E-state index contributed by atoms with van der Waals surface area (Å²) in [7, 11) is 0. The molecule has 0 aliphatic heterocycles. The number of nitrogens with one attached hydrogen (secondary N) is 2. The van der Waals surface area contributed by atoms with Crippen LogP contribution in [0.3, 0.4) is 0 Å². The average molecular weight is 358 g/mol. The van der Waals surface area contributed by atoms with Gasteiger partial charge in [0.15, 0.2) is 0 Å². The second-order valence-corrected chi connectivity index (χ2v) is 6.21. The number of rotatable bonds is 5. The number of primary amides is 1. The molecule has 0 fully saturated rings. The van der Waals surface area contributed by atoms with Gasteiger partial charge in [-0.05, 0) is 48.9 Å². The fourth-order valence-electron chi connectivity index (χ4n) is 2.49. The van der Waals surface area contributed by atoms with E-state index in [9.17, 15) is 4.79 Å². The average Bonchev–Trinajstić information content (AvgIpc) is 2.69. The molecule has 0 atom stereocenters. The third-order valence-electron chi connectivity index (χ3n) is 4.01. The van der Waals surface area contributed by atoms with Crippen LogP contribution in [0.1, 0.15) is 21.5 Å². The Morgan fingerprint density at radius 3 is 2.04 bits per heavy atom. The molecule has 5 heteroatoms. The first kappa shape index (κ1) is 18.2. The number of para-hydroxylation sites is 1. The van der Waals surface area contributed by atoms with Crippen molar-refractivity contribution < 1.29 is 4.79 Å². The van der Waals surface area contributed by atoms with Crippen LogP contribution in [0.2, 0.25) is 0 Å². The minimum absolute atomic E-state index is 0.433. The number of nitrogens with two attached hydrogens (primary N) is 1. The third-order valence-corrected chi connectivity index (χ3v) is 4.01. The van der Waals surface area contributed by atoms with Crippen LogP contribution in [-0.4, -0.2) is 11.9 Å². The van der Waals surface area contributed by atoms with Gasteiger partial charge >= 0.3 is 0 Å². The summed E-state index contributed by atoms with van der Waals surface area (Å²) in [4.78, 5) is 15.8. The van der Waals surface area contributed by atoms with Gasteiger partial charge in [0.05, 0.1) is 6.54 Å². The molecule has 0 saturated carbocycles. The van der Waals surface area contributed by atoms with Crippen molar-refractivity contribution in [2.75, 3.05) is 10.6 Å². The Hall–Kier alpha value is -3.60. The zero-order valence-corrected chi connectivity index (χ0v) is 15.1. The summed E-state index contributed by atoms with van der Waals surface area (Å²) in [6, 6.07) is 25.1. The summed E-state index contributed by atoms with van der Waals surface area (Å²) in [6.07, 6.45) is 0. The molecule has 0 unspecified atom stereocenters. The maximum atomic E-state index is 11.2. The molecule has 0 heterocycles. The van der Waals surface area contributed by atoms with Crippen LogP contribution < -0.4 is 16.4 Å². The van der Waals surface area contributed by atoms with Gasteiger partial charge in [0, 0.05) is 16.9 Å². The third kappa shape index (κ3) is 5.44. The number of carbonyl (C=O) groups is 1. The van der Waals surface area contributed by atoms with Crippen molar-refractivity contribution in [3.05, 3.63) is 95.6 Å². The number of hydrogen-bond donors (Lipinski definition) is 3. The van der Waals surface area contributed by atoms with Crippen molar-refractivity contribution in [2.45, 2.75) is 13.5 Å². The lowest BCUT2D eigenvalue weighted by atomic mass is 10.1. The highest BCUT2D eigenvalue weighted by atomic mass is 16.1. The van der Waals surface area contributed by atoms with E-state index in [0.717, 1.165) is 16.9 Å². The van der Waals surface area contributed by atoms with Crippen LogP contribution in [0, 0.1) is 6.92 Å². The maximum absolute atomic E-state index is 11.2. The number of benzene rings is 3.